The Bertz CT molecular complexity index is 568. The number of alkyl halides is 3. The van der Waals surface area contributed by atoms with Crippen molar-refractivity contribution in [3.05, 3.63) is 29.8 Å². The maximum atomic E-state index is 13.0. The lowest BCUT2D eigenvalue weighted by Gasteiger charge is -2.32. The van der Waals surface area contributed by atoms with Gasteiger partial charge < -0.3 is 10.2 Å². The molecule has 1 aromatic carbocycles. The van der Waals surface area contributed by atoms with Gasteiger partial charge in [-0.15, -0.1) is 0 Å². The van der Waals surface area contributed by atoms with E-state index in [0.29, 0.717) is 0 Å². The molecule has 0 saturated heterocycles. The Morgan fingerprint density at radius 2 is 1.90 bits per heavy atom. The second kappa shape index (κ2) is 4.48. The van der Waals surface area contributed by atoms with Crippen molar-refractivity contribution in [3.63, 3.8) is 0 Å². The van der Waals surface area contributed by atoms with Crippen LogP contribution in [0.3, 0.4) is 0 Å². The predicted octanol–water partition coefficient (Wildman–Crippen LogP) is 1.86. The first-order valence-electron chi connectivity index (χ1n) is 5.62. The maximum absolute atomic E-state index is 13.0. The molecule has 0 radical (unpaired) electrons. The number of aromatic hydroxyl groups is 1. The molecule has 0 unspecified atom stereocenters. The molecule has 5 nitrogen and oxygen atoms in total. The topological polar surface area (TPSA) is 73.1 Å². The number of benzene rings is 1. The number of halogens is 3. The molecule has 2 rings (SSSR count). The van der Waals surface area contributed by atoms with E-state index in [1.165, 1.54) is 6.92 Å². The molecule has 1 aliphatic heterocycles. The number of nitrogens with zero attached hydrogens (tertiary/aromatic N) is 2. The average molecular weight is 288 g/mol. The lowest BCUT2D eigenvalue weighted by molar-refractivity contribution is -0.297. The van der Waals surface area contributed by atoms with E-state index in [1.54, 1.807) is 0 Å². The summed E-state index contributed by atoms with van der Waals surface area (Å²) in [6, 6.07) is 4.62. The van der Waals surface area contributed by atoms with Crippen LogP contribution in [0.25, 0.3) is 0 Å². The van der Waals surface area contributed by atoms with E-state index in [1.807, 2.05) is 0 Å². The van der Waals surface area contributed by atoms with Gasteiger partial charge in [-0.25, -0.2) is 0 Å². The highest BCUT2D eigenvalue weighted by Crippen LogP contribution is 2.40. The van der Waals surface area contributed by atoms with Gasteiger partial charge in [-0.1, -0.05) is 0 Å². The van der Waals surface area contributed by atoms with Crippen molar-refractivity contribution in [1.29, 1.82) is 0 Å². The average Bonchev–Trinajstić information content (AvgIpc) is 2.65. The lowest BCUT2D eigenvalue weighted by Crippen LogP contribution is -2.56. The minimum atomic E-state index is -5.03. The van der Waals surface area contributed by atoms with E-state index in [4.69, 9.17) is 5.11 Å². The van der Waals surface area contributed by atoms with E-state index in [2.05, 4.69) is 5.10 Å². The Balaban J connectivity index is 2.39. The van der Waals surface area contributed by atoms with Crippen LogP contribution in [-0.4, -0.2) is 38.7 Å². The van der Waals surface area contributed by atoms with Crippen LogP contribution in [0.1, 0.15) is 23.7 Å². The molecule has 0 aliphatic carbocycles. The van der Waals surface area contributed by atoms with E-state index in [-0.39, 0.29) is 22.0 Å². The molecule has 108 valence electrons. The summed E-state index contributed by atoms with van der Waals surface area (Å²) in [5.41, 5.74) is -3.47. The summed E-state index contributed by atoms with van der Waals surface area (Å²) in [5.74, 6) is -1.23. The molecule has 20 heavy (non-hydrogen) atoms. The third-order valence-electron chi connectivity index (χ3n) is 2.88. The van der Waals surface area contributed by atoms with Crippen molar-refractivity contribution >= 4 is 11.6 Å². The molecule has 0 aromatic heterocycles. The van der Waals surface area contributed by atoms with Gasteiger partial charge in [0.15, 0.2) is 0 Å². The smallest absolute Gasteiger partial charge is 0.438 e. The van der Waals surface area contributed by atoms with Gasteiger partial charge in [0.25, 0.3) is 11.6 Å². The number of carbonyl (C=O) groups excluding carboxylic acids is 1. The normalized spacial score (nSPS) is 22.9. The Labute approximate surface area is 111 Å². The van der Waals surface area contributed by atoms with Gasteiger partial charge in [0.1, 0.15) is 5.75 Å². The van der Waals surface area contributed by atoms with Crippen LogP contribution in [-0.2, 0) is 0 Å². The first-order chi connectivity index (χ1) is 9.15. The van der Waals surface area contributed by atoms with Crippen molar-refractivity contribution in [2.24, 2.45) is 5.10 Å². The van der Waals surface area contributed by atoms with Crippen molar-refractivity contribution in [2.45, 2.75) is 25.2 Å². The van der Waals surface area contributed by atoms with Gasteiger partial charge >= 0.3 is 6.18 Å². The monoisotopic (exact) mass is 288 g/mol. The standard InChI is InChI=1S/C12H11F3N2O3/c1-7-6-11(20,12(13,14)15)17(16-7)10(19)8-2-4-9(18)5-3-8/h2-5,18,20H,6H2,1H3/t11-/m1/s1. The molecule has 1 aliphatic rings. The van der Waals surface area contributed by atoms with Crippen LogP contribution in [0.5, 0.6) is 5.75 Å². The zero-order chi connectivity index (χ0) is 15.1. The maximum Gasteiger partial charge on any atom is 0.438 e. The van der Waals surface area contributed by atoms with E-state index < -0.39 is 24.2 Å². The molecule has 1 aromatic rings. The van der Waals surface area contributed by atoms with Gasteiger partial charge in [0.2, 0.25) is 0 Å². The highest BCUT2D eigenvalue weighted by atomic mass is 19.4. The fraction of sp³-hybridized carbons (Fsp3) is 0.333. The lowest BCUT2D eigenvalue weighted by atomic mass is 10.1. The molecule has 1 heterocycles. The fourth-order valence-corrected chi connectivity index (χ4v) is 1.88. The highest BCUT2D eigenvalue weighted by molar-refractivity contribution is 5.97. The summed E-state index contributed by atoms with van der Waals surface area (Å²) < 4.78 is 38.9. The largest absolute Gasteiger partial charge is 0.508 e. The van der Waals surface area contributed by atoms with Crippen molar-refractivity contribution in [1.82, 2.24) is 5.01 Å². The summed E-state index contributed by atoms with van der Waals surface area (Å²) in [5, 5.41) is 22.4. The summed E-state index contributed by atoms with van der Waals surface area (Å²) in [4.78, 5) is 12.0. The molecule has 0 spiro atoms. The zero-order valence-electron chi connectivity index (χ0n) is 10.3. The summed E-state index contributed by atoms with van der Waals surface area (Å²) in [6.45, 7) is 1.29. The predicted molar refractivity (Wildman–Crippen MR) is 63.0 cm³/mol. The second-order valence-corrected chi connectivity index (χ2v) is 4.49. The van der Waals surface area contributed by atoms with Crippen LogP contribution in [0.15, 0.2) is 29.4 Å². The minimum absolute atomic E-state index is 0.00282. The number of phenols is 1. The van der Waals surface area contributed by atoms with E-state index >= 15 is 0 Å². The van der Waals surface area contributed by atoms with Crippen LogP contribution in [0, 0.1) is 0 Å². The van der Waals surface area contributed by atoms with E-state index in [0.717, 1.165) is 24.3 Å². The number of aliphatic hydroxyl groups is 1. The highest BCUT2D eigenvalue weighted by Gasteiger charge is 2.62. The molecule has 0 saturated carbocycles. The Kier molecular flexibility index (Phi) is 3.21. The Hall–Kier alpha value is -2.09. The fourth-order valence-electron chi connectivity index (χ4n) is 1.88. The van der Waals surface area contributed by atoms with Crippen molar-refractivity contribution in [2.75, 3.05) is 0 Å². The summed E-state index contributed by atoms with van der Waals surface area (Å²) in [7, 11) is 0. The molecule has 0 fully saturated rings. The summed E-state index contributed by atoms with van der Waals surface area (Å²) in [6.07, 6.45) is -5.82. The van der Waals surface area contributed by atoms with Crippen LogP contribution in [0.4, 0.5) is 13.2 Å². The minimum Gasteiger partial charge on any atom is -0.508 e. The number of amides is 1. The molecule has 2 N–H and O–H groups in total. The van der Waals surface area contributed by atoms with Gasteiger partial charge in [0.05, 0.1) is 0 Å². The van der Waals surface area contributed by atoms with Crippen LogP contribution >= 0.6 is 0 Å². The van der Waals surface area contributed by atoms with Crippen LogP contribution < -0.4 is 0 Å². The van der Waals surface area contributed by atoms with Gasteiger partial charge in [-0.2, -0.15) is 23.3 Å². The van der Waals surface area contributed by atoms with Crippen molar-refractivity contribution < 1.29 is 28.2 Å². The molecule has 8 heteroatoms. The van der Waals surface area contributed by atoms with Crippen LogP contribution in [0.2, 0.25) is 0 Å². The Morgan fingerprint density at radius 3 is 2.40 bits per heavy atom. The van der Waals surface area contributed by atoms with Gasteiger partial charge in [0, 0.05) is 17.7 Å². The third-order valence-corrected chi connectivity index (χ3v) is 2.88. The van der Waals surface area contributed by atoms with Crippen molar-refractivity contribution in [3.8, 4) is 5.75 Å². The number of phenolic OH excluding ortho intramolecular Hbond substituents is 1. The quantitative estimate of drug-likeness (QED) is 0.828. The number of hydrazone groups is 1. The molecule has 1 amide bonds. The molecular weight excluding hydrogens is 277 g/mol. The van der Waals surface area contributed by atoms with Gasteiger partial charge in [-0.3, -0.25) is 4.79 Å². The molecule has 1 atom stereocenters. The summed E-state index contributed by atoms with van der Waals surface area (Å²) >= 11 is 0. The number of hydrogen-bond donors (Lipinski definition) is 2. The SMILES string of the molecule is CC1=NN(C(=O)c2ccc(O)cc2)[C@](O)(C(F)(F)F)C1. The number of rotatable bonds is 1. The molecular formula is C12H11F3N2O3. The van der Waals surface area contributed by atoms with Gasteiger partial charge in [-0.05, 0) is 31.2 Å². The number of hydrogen-bond acceptors (Lipinski definition) is 4. The first-order valence-corrected chi connectivity index (χ1v) is 5.62. The zero-order valence-corrected chi connectivity index (χ0v) is 10.3. The Morgan fingerprint density at radius 1 is 1.35 bits per heavy atom. The second-order valence-electron chi connectivity index (χ2n) is 4.49. The molecule has 0 bridgehead atoms. The number of carbonyl (C=O) groups is 1. The van der Waals surface area contributed by atoms with E-state index in [9.17, 15) is 23.1 Å². The third kappa shape index (κ3) is 2.22. The first kappa shape index (κ1) is 14.3.